The van der Waals surface area contributed by atoms with E-state index in [4.69, 9.17) is 13.8 Å². The van der Waals surface area contributed by atoms with Crippen molar-refractivity contribution in [2.45, 2.75) is 64.3 Å². The predicted molar refractivity (Wildman–Crippen MR) is 171 cm³/mol. The first-order chi connectivity index (χ1) is 21.2. The Morgan fingerprint density at radius 3 is 2.29 bits per heavy atom. The van der Waals surface area contributed by atoms with E-state index in [2.05, 4.69) is 31.0 Å². The van der Waals surface area contributed by atoms with E-state index in [9.17, 15) is 18.0 Å². The molecule has 0 bridgehead atoms. The lowest BCUT2D eigenvalue weighted by atomic mass is 9.84. The number of urea groups is 1. The van der Waals surface area contributed by atoms with E-state index in [1.807, 2.05) is 20.8 Å². The Kier molecular flexibility index (Phi) is 11.2. The lowest BCUT2D eigenvalue weighted by molar-refractivity contribution is 0.0365. The molecule has 13 nitrogen and oxygen atoms in total. The molecule has 0 spiro atoms. The largest absolute Gasteiger partial charge is 0.492 e. The van der Waals surface area contributed by atoms with Gasteiger partial charge in [-0.15, -0.1) is 0 Å². The van der Waals surface area contributed by atoms with Crippen LogP contribution in [-0.2, 0) is 15.5 Å². The lowest BCUT2D eigenvalue weighted by Crippen LogP contribution is -2.49. The molecule has 1 unspecified atom stereocenters. The second-order valence-electron chi connectivity index (χ2n) is 12.4. The van der Waals surface area contributed by atoms with Crippen LogP contribution in [-0.4, -0.2) is 71.9 Å². The summed E-state index contributed by atoms with van der Waals surface area (Å²) in [4.78, 5) is 32.0. The molecule has 1 aromatic carbocycles. The van der Waals surface area contributed by atoms with Crippen molar-refractivity contribution >= 4 is 39.2 Å². The summed E-state index contributed by atoms with van der Waals surface area (Å²) in [6, 6.07) is 12.2. The molecule has 3 amide bonds. The van der Waals surface area contributed by atoms with Crippen LogP contribution in [0.4, 0.5) is 22.0 Å². The molecule has 2 saturated heterocycles. The maximum atomic E-state index is 12.7. The molecule has 5 rings (SSSR count). The third kappa shape index (κ3) is 10.8. The van der Waals surface area contributed by atoms with E-state index in [0.717, 1.165) is 0 Å². The zero-order valence-electron chi connectivity index (χ0n) is 26.1. The number of piperidine rings is 2. The van der Waals surface area contributed by atoms with Crippen LogP contribution in [0, 0.1) is 5.92 Å². The summed E-state index contributed by atoms with van der Waals surface area (Å²) in [5.74, 6) is 1.91. The Bertz CT molecular complexity index is 1530. The minimum absolute atomic E-state index is 0.207. The van der Waals surface area contributed by atoms with Gasteiger partial charge in [-0.05, 0) is 75.2 Å². The van der Waals surface area contributed by atoms with E-state index in [-0.39, 0.29) is 11.3 Å². The highest BCUT2D eigenvalue weighted by atomic mass is 32.2. The minimum Gasteiger partial charge on any atom is -0.492 e. The molecule has 0 radical (unpaired) electrons. The number of hydrogen-bond acceptors (Lipinski definition) is 9. The van der Waals surface area contributed by atoms with E-state index in [0.29, 0.717) is 59.2 Å². The van der Waals surface area contributed by atoms with Crippen LogP contribution >= 0.6 is 0 Å². The Morgan fingerprint density at radius 1 is 1.00 bits per heavy atom. The van der Waals surface area contributed by atoms with Crippen molar-refractivity contribution in [3.63, 3.8) is 0 Å². The van der Waals surface area contributed by atoms with Crippen LogP contribution in [0.1, 0.15) is 69.1 Å². The van der Waals surface area contributed by atoms with E-state index in [1.165, 1.54) is 45.2 Å². The first kappa shape index (κ1) is 33.9. The van der Waals surface area contributed by atoms with Gasteiger partial charge in [0.1, 0.15) is 17.2 Å². The number of rotatable bonds is 7. The van der Waals surface area contributed by atoms with Crippen molar-refractivity contribution in [3.05, 3.63) is 60.1 Å². The number of carbonyl (C=O) groups is 2. The number of nitrogens with zero attached hydrogens (tertiary/aromatic N) is 3. The molecular weight excluding hydrogens is 600 g/mol. The molecule has 4 N–H and O–H groups in total. The van der Waals surface area contributed by atoms with Gasteiger partial charge in [0.25, 0.3) is 16.0 Å². The summed E-state index contributed by atoms with van der Waals surface area (Å²) in [7, 11) is -3.67. The summed E-state index contributed by atoms with van der Waals surface area (Å²) in [5, 5.41) is 12.1. The SMILES string of the molecule is CC(C)(C)c1cc(NC(=O)Nc2ccc(NC(=O)c3ccc(OC[C@H]4CCCN5CCCCC45)cn3)cc2)no1.CS(=O)(=O)O. The molecule has 4 heterocycles. The van der Waals surface area contributed by atoms with Gasteiger partial charge in [0.15, 0.2) is 5.82 Å². The second-order valence-corrected chi connectivity index (χ2v) is 13.8. The zero-order chi connectivity index (χ0) is 32.6. The fourth-order valence-electron chi connectivity index (χ4n) is 5.37. The third-order valence-corrected chi connectivity index (χ3v) is 7.55. The van der Waals surface area contributed by atoms with Crippen molar-refractivity contribution in [3.8, 4) is 5.75 Å². The maximum absolute atomic E-state index is 12.7. The fraction of sp³-hybridized carbons (Fsp3) is 0.484. The molecular formula is C31H42N6O7S. The highest BCUT2D eigenvalue weighted by molar-refractivity contribution is 7.85. The molecule has 3 aromatic rings. The van der Waals surface area contributed by atoms with Gasteiger partial charge in [0.05, 0.1) is 19.1 Å². The van der Waals surface area contributed by atoms with Crippen molar-refractivity contribution < 1.29 is 31.8 Å². The average Bonchev–Trinajstić information content (AvgIpc) is 3.45. The molecule has 0 saturated carbocycles. The smallest absolute Gasteiger partial charge is 0.324 e. The Balaban J connectivity index is 0.000000854. The molecule has 2 aliphatic heterocycles. The van der Waals surface area contributed by atoms with Crippen LogP contribution in [0.5, 0.6) is 5.75 Å². The predicted octanol–water partition coefficient (Wildman–Crippen LogP) is 5.41. The first-order valence-corrected chi connectivity index (χ1v) is 16.8. The fourth-order valence-corrected chi connectivity index (χ4v) is 5.37. The highest BCUT2D eigenvalue weighted by Gasteiger charge is 2.33. The molecule has 2 aliphatic rings. The van der Waals surface area contributed by atoms with Crippen LogP contribution in [0.15, 0.2) is 53.2 Å². The van der Waals surface area contributed by atoms with E-state index < -0.39 is 16.1 Å². The Labute approximate surface area is 263 Å². The van der Waals surface area contributed by atoms with Gasteiger partial charge >= 0.3 is 6.03 Å². The molecule has 244 valence electrons. The van der Waals surface area contributed by atoms with Gasteiger partial charge < -0.3 is 19.9 Å². The molecule has 14 heteroatoms. The summed E-state index contributed by atoms with van der Waals surface area (Å²) in [6.45, 7) is 9.10. The van der Waals surface area contributed by atoms with Crippen molar-refractivity contribution in [1.29, 1.82) is 0 Å². The highest BCUT2D eigenvalue weighted by Crippen LogP contribution is 2.31. The van der Waals surface area contributed by atoms with Crippen molar-refractivity contribution in [2.24, 2.45) is 5.92 Å². The number of anilines is 3. The van der Waals surface area contributed by atoms with Gasteiger partial charge in [-0.3, -0.25) is 19.6 Å². The molecule has 2 aromatic heterocycles. The van der Waals surface area contributed by atoms with Gasteiger partial charge in [0.2, 0.25) is 0 Å². The first-order valence-electron chi connectivity index (χ1n) is 15.0. The van der Waals surface area contributed by atoms with Crippen LogP contribution in [0.2, 0.25) is 0 Å². The average molecular weight is 643 g/mol. The number of hydrogen-bond donors (Lipinski definition) is 4. The van der Waals surface area contributed by atoms with Crippen LogP contribution < -0.4 is 20.7 Å². The topological polar surface area (TPSA) is 176 Å². The van der Waals surface area contributed by atoms with Gasteiger partial charge in [-0.2, -0.15) is 8.42 Å². The number of carbonyl (C=O) groups excluding carboxylic acids is 2. The Morgan fingerprint density at radius 2 is 1.67 bits per heavy atom. The number of nitrogens with one attached hydrogen (secondary N) is 3. The quantitative estimate of drug-likeness (QED) is 0.244. The number of benzene rings is 1. The maximum Gasteiger partial charge on any atom is 0.324 e. The van der Waals surface area contributed by atoms with E-state index >= 15 is 0 Å². The standard InChI is InChI=1S/C30H38N6O4.CH4O3S/c1-30(2,3)26-17-27(35-40-26)34-29(38)33-22-11-9-21(10-12-22)32-28(37)24-14-13-23(18-31-24)39-19-20-7-6-16-36-15-5-4-8-25(20)36;1-5(2,3)4/h9-14,17-18,20,25H,4-8,15-16,19H2,1-3H3,(H,32,37)(H2,33,34,35,38);1H3,(H,2,3,4)/t20-,25?;/m1./s1. The summed E-state index contributed by atoms with van der Waals surface area (Å²) >= 11 is 0. The summed E-state index contributed by atoms with van der Waals surface area (Å²) in [6.07, 6.45) is 8.63. The molecule has 45 heavy (non-hydrogen) atoms. The zero-order valence-corrected chi connectivity index (χ0v) is 26.9. The van der Waals surface area contributed by atoms with Gasteiger partial charge in [-0.1, -0.05) is 32.3 Å². The number of pyridine rings is 1. The minimum atomic E-state index is -3.67. The molecule has 2 atom stereocenters. The van der Waals surface area contributed by atoms with Gasteiger partial charge in [-0.25, -0.2) is 9.78 Å². The summed E-state index contributed by atoms with van der Waals surface area (Å²) < 4.78 is 37.2. The number of aromatic nitrogens is 2. The normalized spacial score (nSPS) is 18.5. The molecule has 0 aliphatic carbocycles. The van der Waals surface area contributed by atoms with Crippen LogP contribution in [0.3, 0.4) is 0 Å². The summed E-state index contributed by atoms with van der Waals surface area (Å²) in [5.41, 5.74) is 1.23. The number of amides is 3. The van der Waals surface area contributed by atoms with Gasteiger partial charge in [0, 0.05) is 34.8 Å². The monoisotopic (exact) mass is 642 g/mol. The van der Waals surface area contributed by atoms with E-state index in [1.54, 1.807) is 48.7 Å². The number of fused-ring (bicyclic) bond motifs is 1. The molecule has 2 fully saturated rings. The Hall–Kier alpha value is -4.01. The lowest BCUT2D eigenvalue weighted by Gasteiger charge is -2.44. The van der Waals surface area contributed by atoms with Crippen molar-refractivity contribution in [1.82, 2.24) is 15.0 Å². The van der Waals surface area contributed by atoms with Crippen molar-refractivity contribution in [2.75, 3.05) is 41.9 Å². The second kappa shape index (κ2) is 14.8. The van der Waals surface area contributed by atoms with Crippen LogP contribution in [0.25, 0.3) is 0 Å². The number of ether oxygens (including phenoxy) is 1. The third-order valence-electron chi connectivity index (χ3n) is 7.55.